The summed E-state index contributed by atoms with van der Waals surface area (Å²) in [5.74, 6) is 0. The molecule has 0 spiro atoms. The molecule has 0 saturated carbocycles. The molecular formula is H12MgO8Si2Sr. The molecule has 8 nitrogen and oxygen atoms in total. The second-order valence-electron chi connectivity index (χ2n) is 1.20. The summed E-state index contributed by atoms with van der Waals surface area (Å²) in [7, 11) is -9.22. The minimum atomic E-state index is -4.61. The normalized spacial score (nSPS) is 10.0. The van der Waals surface area contributed by atoms with Crippen LogP contribution in [-0.2, 0) is 0 Å². The molecule has 0 atom stereocenters. The molecule has 0 saturated heterocycles. The molecule has 0 fully saturated rings. The Labute approximate surface area is 123 Å². The van der Waals surface area contributed by atoms with Gasteiger partial charge in [-0.2, -0.15) is 0 Å². The van der Waals surface area contributed by atoms with E-state index < -0.39 is 18.1 Å². The molecule has 0 amide bonds. The van der Waals surface area contributed by atoms with E-state index in [4.69, 9.17) is 38.4 Å². The van der Waals surface area contributed by atoms with Crippen LogP contribution in [0.25, 0.3) is 0 Å². The van der Waals surface area contributed by atoms with Crippen molar-refractivity contribution < 1.29 is 38.4 Å². The van der Waals surface area contributed by atoms with Gasteiger partial charge >= 0.3 is 86.6 Å². The molecule has 0 aliphatic heterocycles. The number of hydrogen-bond acceptors (Lipinski definition) is 8. The zero-order valence-electron chi connectivity index (χ0n) is 4.58. The predicted molar refractivity (Wildman–Crippen MR) is 46.3 cm³/mol. The van der Waals surface area contributed by atoms with Crippen LogP contribution in [0.4, 0.5) is 0 Å². The van der Waals surface area contributed by atoms with Gasteiger partial charge in [-0.1, -0.05) is 0 Å². The third kappa shape index (κ3) is 286. The fourth-order valence-corrected chi connectivity index (χ4v) is 0. The van der Waals surface area contributed by atoms with Gasteiger partial charge in [0.05, 0.1) is 0 Å². The van der Waals surface area contributed by atoms with Crippen LogP contribution in [0.2, 0.25) is 0 Å². The summed E-state index contributed by atoms with van der Waals surface area (Å²) < 4.78 is 0. The van der Waals surface area contributed by atoms with Gasteiger partial charge in [-0.25, -0.2) is 0 Å². The molecule has 72 valence electrons. The maximum atomic E-state index is 7.33. The van der Waals surface area contributed by atoms with E-state index in [1.807, 2.05) is 0 Å². The molecule has 0 aromatic heterocycles. The van der Waals surface area contributed by atoms with Crippen molar-refractivity contribution in [1.82, 2.24) is 0 Å². The van der Waals surface area contributed by atoms with Gasteiger partial charge in [-0.05, 0) is 0 Å². The van der Waals surface area contributed by atoms with Gasteiger partial charge in [0, 0.05) is 0 Å². The molecule has 0 unspecified atom stereocenters. The minimum absolute atomic E-state index is 0. The van der Waals surface area contributed by atoms with E-state index in [0.717, 1.165) is 0 Å². The van der Waals surface area contributed by atoms with E-state index in [-0.39, 0.29) is 68.5 Å². The molecular weight excluding hydrogens is 296 g/mol. The van der Waals surface area contributed by atoms with Crippen molar-refractivity contribution in [2.24, 2.45) is 0 Å². The summed E-state index contributed by atoms with van der Waals surface area (Å²) >= 11 is 0. The average molecular weight is 308 g/mol. The van der Waals surface area contributed by atoms with Gasteiger partial charge in [0.15, 0.2) is 0 Å². The van der Waals surface area contributed by atoms with Gasteiger partial charge in [0.1, 0.15) is 0 Å². The molecule has 0 aromatic rings. The molecule has 12 heteroatoms. The van der Waals surface area contributed by atoms with Crippen molar-refractivity contribution in [3.05, 3.63) is 0 Å². The monoisotopic (exact) mass is 308 g/mol. The molecule has 0 bridgehead atoms. The van der Waals surface area contributed by atoms with Crippen molar-refractivity contribution in [2.75, 3.05) is 0 Å². The molecule has 0 aliphatic rings. The fraction of sp³-hybridized carbons (Fsp3) is 0. The first-order chi connectivity index (χ1) is 4.00. The Morgan fingerprint density at radius 3 is 0.500 bits per heavy atom. The first-order valence-electron chi connectivity index (χ1n) is 1.79. The van der Waals surface area contributed by atoms with Gasteiger partial charge in [0.25, 0.3) is 0 Å². The van der Waals surface area contributed by atoms with Crippen molar-refractivity contribution in [2.45, 2.75) is 0 Å². The molecule has 12 heavy (non-hydrogen) atoms. The van der Waals surface area contributed by atoms with Crippen LogP contribution in [0.3, 0.4) is 0 Å². The second kappa shape index (κ2) is 9.90. The standard InChI is InChI=1S/Mg.2H4O4Si.Sr.4H/c;2*1-5(2,3)4;;;;;/h;2*1-4H;;;;;. The van der Waals surface area contributed by atoms with Gasteiger partial charge in [-0.3, -0.25) is 0 Å². The zero-order valence-corrected chi connectivity index (χ0v) is 6.58. The van der Waals surface area contributed by atoms with Crippen LogP contribution in [0.15, 0.2) is 0 Å². The number of rotatable bonds is 0. The third-order valence-corrected chi connectivity index (χ3v) is 0. The van der Waals surface area contributed by atoms with E-state index in [2.05, 4.69) is 0 Å². The first-order valence-corrected chi connectivity index (χ1v) is 5.37. The Kier molecular flexibility index (Phi) is 19.7. The predicted octanol–water partition coefficient (Wildman–Crippen LogP) is -7.05. The Balaban J connectivity index is -0.0000000457. The first kappa shape index (κ1) is 23.9. The fourth-order valence-electron chi connectivity index (χ4n) is 0. The van der Waals surface area contributed by atoms with Crippen LogP contribution in [0.5, 0.6) is 0 Å². The van der Waals surface area contributed by atoms with Crippen LogP contribution in [0.1, 0.15) is 0 Å². The molecule has 0 rings (SSSR count). The SMILES string of the molecule is O[Si](O)(O)O.O[Si](O)(O)O.[MgH2].[SrH2]. The van der Waals surface area contributed by atoms with Crippen molar-refractivity contribution in [1.29, 1.82) is 0 Å². The van der Waals surface area contributed by atoms with Crippen molar-refractivity contribution in [3.63, 3.8) is 0 Å². The van der Waals surface area contributed by atoms with Gasteiger partial charge < -0.3 is 38.4 Å². The zero-order chi connectivity index (χ0) is 9.00. The maximum absolute atomic E-state index is 7.33. The van der Waals surface area contributed by atoms with Gasteiger partial charge in [0.2, 0.25) is 0 Å². The van der Waals surface area contributed by atoms with E-state index >= 15 is 0 Å². The summed E-state index contributed by atoms with van der Waals surface area (Å²) in [5, 5.41) is 0. The Morgan fingerprint density at radius 1 is 0.500 bits per heavy atom. The Hall–Kier alpha value is 2.36. The Morgan fingerprint density at radius 2 is 0.500 bits per heavy atom. The van der Waals surface area contributed by atoms with Gasteiger partial charge in [-0.15, -0.1) is 0 Å². The summed E-state index contributed by atoms with van der Waals surface area (Å²) in [4.78, 5) is 58.6. The van der Waals surface area contributed by atoms with E-state index in [0.29, 0.717) is 0 Å². The second-order valence-corrected chi connectivity index (χ2v) is 3.60. The van der Waals surface area contributed by atoms with Crippen LogP contribution in [0, 0.1) is 0 Å². The summed E-state index contributed by atoms with van der Waals surface area (Å²) in [6.45, 7) is 0. The summed E-state index contributed by atoms with van der Waals surface area (Å²) in [6, 6.07) is 0. The molecule has 0 radical (unpaired) electrons. The third-order valence-electron chi connectivity index (χ3n) is 0. The molecule has 0 heterocycles. The van der Waals surface area contributed by atoms with Crippen LogP contribution < -0.4 is 0 Å². The quantitative estimate of drug-likeness (QED) is 0.205. The molecule has 0 aromatic carbocycles. The van der Waals surface area contributed by atoms with E-state index in [1.54, 1.807) is 0 Å². The molecule has 8 N–H and O–H groups in total. The molecule has 0 aliphatic carbocycles. The number of hydrogen-bond donors (Lipinski definition) is 8. The van der Waals surface area contributed by atoms with Crippen molar-refractivity contribution in [3.8, 4) is 0 Å². The van der Waals surface area contributed by atoms with E-state index in [9.17, 15) is 0 Å². The summed E-state index contributed by atoms with van der Waals surface area (Å²) in [5.41, 5.74) is 0. The Bertz CT molecular complexity index is 60.0. The summed E-state index contributed by atoms with van der Waals surface area (Å²) in [6.07, 6.45) is 0. The van der Waals surface area contributed by atoms with Crippen LogP contribution >= 0.6 is 0 Å². The topological polar surface area (TPSA) is 162 Å². The van der Waals surface area contributed by atoms with E-state index in [1.165, 1.54) is 0 Å². The van der Waals surface area contributed by atoms with Crippen LogP contribution in [-0.4, -0.2) is 125 Å². The van der Waals surface area contributed by atoms with Crippen molar-refractivity contribution >= 4 is 86.6 Å². The average Bonchev–Trinajstić information content (AvgIpc) is 1.12.